The van der Waals surface area contributed by atoms with Gasteiger partial charge in [-0.25, -0.2) is 9.97 Å². The van der Waals surface area contributed by atoms with Crippen LogP contribution < -0.4 is 0 Å². The van der Waals surface area contributed by atoms with Crippen LogP contribution >= 0.6 is 11.3 Å². The molecule has 2 aromatic rings. The SMILES string of the molecule is Cn1cnc(-c2ncc(CO)s2)c1. The summed E-state index contributed by atoms with van der Waals surface area (Å²) in [6.07, 6.45) is 5.31. The van der Waals surface area contributed by atoms with Gasteiger partial charge in [0.2, 0.25) is 0 Å². The van der Waals surface area contributed by atoms with E-state index in [-0.39, 0.29) is 6.61 Å². The van der Waals surface area contributed by atoms with Crippen molar-refractivity contribution >= 4 is 11.3 Å². The molecule has 2 heterocycles. The van der Waals surface area contributed by atoms with Crippen molar-refractivity contribution in [3.8, 4) is 10.7 Å². The molecule has 0 unspecified atom stereocenters. The number of aliphatic hydroxyl groups is 1. The first-order valence-corrected chi connectivity index (χ1v) is 4.65. The van der Waals surface area contributed by atoms with E-state index >= 15 is 0 Å². The van der Waals surface area contributed by atoms with Crippen molar-refractivity contribution in [2.45, 2.75) is 6.61 Å². The van der Waals surface area contributed by atoms with Crippen LogP contribution in [0.1, 0.15) is 4.88 Å². The number of aliphatic hydroxyl groups excluding tert-OH is 1. The van der Waals surface area contributed by atoms with Gasteiger partial charge in [0, 0.05) is 19.4 Å². The van der Waals surface area contributed by atoms with Gasteiger partial charge >= 0.3 is 0 Å². The van der Waals surface area contributed by atoms with Crippen molar-refractivity contribution in [1.82, 2.24) is 14.5 Å². The fraction of sp³-hybridized carbons (Fsp3) is 0.250. The quantitative estimate of drug-likeness (QED) is 0.778. The van der Waals surface area contributed by atoms with Crippen molar-refractivity contribution in [1.29, 1.82) is 0 Å². The van der Waals surface area contributed by atoms with E-state index in [9.17, 15) is 0 Å². The third-order valence-corrected chi connectivity index (χ3v) is 2.64. The highest BCUT2D eigenvalue weighted by molar-refractivity contribution is 7.14. The van der Waals surface area contributed by atoms with Crippen molar-refractivity contribution in [2.24, 2.45) is 7.05 Å². The van der Waals surface area contributed by atoms with Gasteiger partial charge in [0.1, 0.15) is 10.7 Å². The predicted molar refractivity (Wildman–Crippen MR) is 50.2 cm³/mol. The fourth-order valence-corrected chi connectivity index (χ4v) is 1.76. The van der Waals surface area contributed by atoms with Gasteiger partial charge in [-0.15, -0.1) is 11.3 Å². The zero-order valence-corrected chi connectivity index (χ0v) is 7.95. The number of hydrogen-bond donors (Lipinski definition) is 1. The van der Waals surface area contributed by atoms with E-state index in [1.807, 2.05) is 17.8 Å². The number of aromatic nitrogens is 3. The van der Waals surface area contributed by atoms with Crippen LogP contribution in [-0.4, -0.2) is 19.6 Å². The summed E-state index contributed by atoms with van der Waals surface area (Å²) in [6, 6.07) is 0. The Kier molecular flexibility index (Phi) is 2.12. The number of imidazole rings is 1. The van der Waals surface area contributed by atoms with Crippen LogP contribution in [0.25, 0.3) is 10.7 Å². The molecule has 4 nitrogen and oxygen atoms in total. The molecule has 0 atom stereocenters. The first-order chi connectivity index (χ1) is 6.29. The van der Waals surface area contributed by atoms with Crippen LogP contribution in [0.5, 0.6) is 0 Å². The van der Waals surface area contributed by atoms with E-state index in [4.69, 9.17) is 5.11 Å². The van der Waals surface area contributed by atoms with E-state index in [1.54, 1.807) is 12.5 Å². The minimum atomic E-state index is 0.0461. The van der Waals surface area contributed by atoms with E-state index in [2.05, 4.69) is 9.97 Å². The van der Waals surface area contributed by atoms with Crippen LogP contribution in [0.3, 0.4) is 0 Å². The molecule has 5 heteroatoms. The van der Waals surface area contributed by atoms with Gasteiger partial charge < -0.3 is 9.67 Å². The Morgan fingerprint density at radius 2 is 2.38 bits per heavy atom. The molecular formula is C8H9N3OS. The highest BCUT2D eigenvalue weighted by atomic mass is 32.1. The Labute approximate surface area is 79.5 Å². The molecule has 0 saturated carbocycles. The lowest BCUT2D eigenvalue weighted by molar-refractivity contribution is 0.285. The Hall–Kier alpha value is -1.20. The third kappa shape index (κ3) is 1.61. The normalized spacial score (nSPS) is 10.6. The zero-order chi connectivity index (χ0) is 9.26. The first kappa shape index (κ1) is 8.40. The monoisotopic (exact) mass is 195 g/mol. The lowest BCUT2D eigenvalue weighted by atomic mass is 10.5. The van der Waals surface area contributed by atoms with Crippen LogP contribution in [-0.2, 0) is 13.7 Å². The zero-order valence-electron chi connectivity index (χ0n) is 7.14. The van der Waals surface area contributed by atoms with Gasteiger partial charge in [-0.2, -0.15) is 0 Å². The summed E-state index contributed by atoms with van der Waals surface area (Å²) >= 11 is 1.46. The number of hydrogen-bond acceptors (Lipinski definition) is 4. The number of nitrogens with zero attached hydrogens (tertiary/aromatic N) is 3. The van der Waals surface area contributed by atoms with Crippen molar-refractivity contribution < 1.29 is 5.11 Å². The molecule has 2 aromatic heterocycles. The molecule has 68 valence electrons. The van der Waals surface area contributed by atoms with Crippen LogP contribution in [0.4, 0.5) is 0 Å². The smallest absolute Gasteiger partial charge is 0.143 e. The highest BCUT2D eigenvalue weighted by Gasteiger charge is 2.05. The number of thiazole rings is 1. The lowest BCUT2D eigenvalue weighted by Gasteiger charge is -1.85. The summed E-state index contributed by atoms with van der Waals surface area (Å²) in [5.74, 6) is 0. The third-order valence-electron chi connectivity index (χ3n) is 1.63. The predicted octanol–water partition coefficient (Wildman–Crippen LogP) is 1.04. The van der Waals surface area contributed by atoms with Gasteiger partial charge in [0.15, 0.2) is 0 Å². The molecule has 0 amide bonds. The molecule has 0 aliphatic heterocycles. The van der Waals surface area contributed by atoms with E-state index < -0.39 is 0 Å². The maximum absolute atomic E-state index is 8.85. The number of rotatable bonds is 2. The molecule has 0 aliphatic carbocycles. The maximum Gasteiger partial charge on any atom is 0.143 e. The largest absolute Gasteiger partial charge is 0.391 e. The van der Waals surface area contributed by atoms with E-state index in [1.165, 1.54) is 11.3 Å². The summed E-state index contributed by atoms with van der Waals surface area (Å²) in [5.41, 5.74) is 0.854. The summed E-state index contributed by atoms with van der Waals surface area (Å²) in [7, 11) is 1.91. The second kappa shape index (κ2) is 3.27. The Morgan fingerprint density at radius 1 is 1.54 bits per heavy atom. The number of aryl methyl sites for hydroxylation is 1. The van der Waals surface area contributed by atoms with Crippen LogP contribution in [0.15, 0.2) is 18.7 Å². The van der Waals surface area contributed by atoms with Gasteiger partial charge in [-0.05, 0) is 0 Å². The molecule has 13 heavy (non-hydrogen) atoms. The molecule has 2 rings (SSSR count). The van der Waals surface area contributed by atoms with Gasteiger partial charge in [0.05, 0.1) is 17.8 Å². The molecule has 1 N–H and O–H groups in total. The average molecular weight is 195 g/mol. The molecule has 0 bridgehead atoms. The molecule has 0 fully saturated rings. The fourth-order valence-electron chi connectivity index (χ4n) is 1.02. The lowest BCUT2D eigenvalue weighted by Crippen LogP contribution is -1.77. The van der Waals surface area contributed by atoms with E-state index in [0.29, 0.717) is 0 Å². The minimum absolute atomic E-state index is 0.0461. The summed E-state index contributed by atoms with van der Waals surface area (Å²) in [5, 5.41) is 9.70. The van der Waals surface area contributed by atoms with Gasteiger partial charge in [-0.1, -0.05) is 0 Å². The molecule has 0 radical (unpaired) electrons. The van der Waals surface area contributed by atoms with Crippen LogP contribution in [0, 0.1) is 0 Å². The van der Waals surface area contributed by atoms with Gasteiger partial charge in [0.25, 0.3) is 0 Å². The second-order valence-corrected chi connectivity index (χ2v) is 3.83. The standard InChI is InChI=1S/C8H9N3OS/c1-11-3-7(10-5-11)8-9-2-6(4-12)13-8/h2-3,5,12H,4H2,1H3. The maximum atomic E-state index is 8.85. The van der Waals surface area contributed by atoms with Crippen molar-refractivity contribution in [2.75, 3.05) is 0 Å². The van der Waals surface area contributed by atoms with E-state index in [0.717, 1.165) is 15.6 Å². The topological polar surface area (TPSA) is 50.9 Å². The minimum Gasteiger partial charge on any atom is -0.391 e. The Balaban J connectivity index is 2.35. The molecule has 0 spiro atoms. The summed E-state index contributed by atoms with van der Waals surface area (Å²) in [6.45, 7) is 0.0461. The molecule has 0 saturated heterocycles. The first-order valence-electron chi connectivity index (χ1n) is 3.83. The molecule has 0 aliphatic rings. The Bertz CT molecular complexity index is 407. The second-order valence-electron chi connectivity index (χ2n) is 2.71. The highest BCUT2D eigenvalue weighted by Crippen LogP contribution is 2.22. The average Bonchev–Trinajstić information content (AvgIpc) is 2.71. The summed E-state index contributed by atoms with van der Waals surface area (Å²) in [4.78, 5) is 9.18. The van der Waals surface area contributed by atoms with Crippen molar-refractivity contribution in [3.63, 3.8) is 0 Å². The Morgan fingerprint density at radius 3 is 2.92 bits per heavy atom. The molecule has 0 aromatic carbocycles. The van der Waals surface area contributed by atoms with Gasteiger partial charge in [-0.3, -0.25) is 0 Å². The summed E-state index contributed by atoms with van der Waals surface area (Å²) < 4.78 is 1.87. The van der Waals surface area contributed by atoms with Crippen LogP contribution in [0.2, 0.25) is 0 Å². The molecular weight excluding hydrogens is 186 g/mol. The van der Waals surface area contributed by atoms with Crippen molar-refractivity contribution in [3.05, 3.63) is 23.6 Å².